The van der Waals surface area contributed by atoms with Crippen molar-refractivity contribution in [2.75, 3.05) is 54.9 Å². The first-order chi connectivity index (χ1) is 15.1. The molecule has 3 aromatic rings. The fourth-order valence-corrected chi connectivity index (χ4v) is 5.17. The number of fused-ring (bicyclic) bond motifs is 1. The van der Waals surface area contributed by atoms with Gasteiger partial charge in [0, 0.05) is 43.6 Å². The molecule has 0 saturated carbocycles. The van der Waals surface area contributed by atoms with Gasteiger partial charge < -0.3 is 26.0 Å². The summed E-state index contributed by atoms with van der Waals surface area (Å²) in [6.07, 6.45) is 2.77. The predicted molar refractivity (Wildman–Crippen MR) is 125 cm³/mol. The molecule has 2 aromatic heterocycles. The van der Waals surface area contributed by atoms with Crippen LogP contribution in [0.4, 0.5) is 17.1 Å². The molecular formula is C22H24N6O2S. The van der Waals surface area contributed by atoms with Crippen molar-refractivity contribution in [2.45, 2.75) is 6.42 Å². The van der Waals surface area contributed by atoms with Crippen molar-refractivity contribution in [3.05, 3.63) is 47.0 Å². The van der Waals surface area contributed by atoms with Crippen LogP contribution < -0.4 is 21.3 Å². The van der Waals surface area contributed by atoms with Crippen LogP contribution in [0.15, 0.2) is 41.5 Å². The Labute approximate surface area is 184 Å². The number of ether oxygens (including phenoxy) is 1. The Bertz CT molecular complexity index is 1170. The minimum absolute atomic E-state index is 0.375. The maximum atomic E-state index is 11.7. The summed E-state index contributed by atoms with van der Waals surface area (Å²) in [5.74, 6) is 0.222. The van der Waals surface area contributed by atoms with Gasteiger partial charge in [0.1, 0.15) is 16.3 Å². The number of anilines is 3. The number of hydrogen-bond donors (Lipinski definition) is 2. The number of nitrogens with two attached hydrogens (primary N) is 2. The number of aromatic nitrogens is 1. The molecule has 2 aliphatic rings. The van der Waals surface area contributed by atoms with Crippen LogP contribution in [0.3, 0.4) is 0 Å². The molecule has 1 aromatic carbocycles. The zero-order valence-corrected chi connectivity index (χ0v) is 17.9. The van der Waals surface area contributed by atoms with Gasteiger partial charge in [0.2, 0.25) is 5.90 Å². The number of nitrogen functional groups attached to an aromatic ring is 1. The van der Waals surface area contributed by atoms with Crippen molar-refractivity contribution < 1.29 is 9.53 Å². The highest BCUT2D eigenvalue weighted by molar-refractivity contribution is 7.21. The highest BCUT2D eigenvalue weighted by atomic mass is 32.1. The van der Waals surface area contributed by atoms with Crippen LogP contribution in [-0.2, 0) is 4.74 Å². The van der Waals surface area contributed by atoms with E-state index in [1.165, 1.54) is 17.0 Å². The first kappa shape index (κ1) is 19.6. The number of carbonyl (C=O) groups excluding carboxylic acids is 1. The van der Waals surface area contributed by atoms with Crippen LogP contribution in [0.5, 0.6) is 0 Å². The number of amides is 1. The van der Waals surface area contributed by atoms with Gasteiger partial charge in [-0.1, -0.05) is 6.07 Å². The smallest absolute Gasteiger partial charge is 0.260 e. The third-order valence-corrected chi connectivity index (χ3v) is 6.84. The van der Waals surface area contributed by atoms with Crippen LogP contribution in [0.1, 0.15) is 21.7 Å². The molecule has 4 heterocycles. The van der Waals surface area contributed by atoms with Crippen LogP contribution in [0.2, 0.25) is 0 Å². The van der Waals surface area contributed by atoms with E-state index in [0.717, 1.165) is 66.5 Å². The number of nitrogens with zero attached hydrogens (tertiary/aromatic N) is 4. The van der Waals surface area contributed by atoms with Crippen LogP contribution in [-0.4, -0.2) is 56.1 Å². The van der Waals surface area contributed by atoms with Gasteiger partial charge in [-0.2, -0.15) is 0 Å². The van der Waals surface area contributed by atoms with Gasteiger partial charge in [-0.15, -0.1) is 11.3 Å². The number of hydrogen-bond acceptors (Lipinski definition) is 8. The van der Waals surface area contributed by atoms with E-state index in [0.29, 0.717) is 17.2 Å². The van der Waals surface area contributed by atoms with Crippen LogP contribution in [0, 0.1) is 0 Å². The number of rotatable bonds is 4. The Kier molecular flexibility index (Phi) is 5.11. The Morgan fingerprint density at radius 3 is 2.77 bits per heavy atom. The van der Waals surface area contributed by atoms with E-state index in [1.54, 1.807) is 6.20 Å². The van der Waals surface area contributed by atoms with Crippen LogP contribution in [0.25, 0.3) is 10.2 Å². The minimum Gasteiger partial charge on any atom is -0.476 e. The molecule has 9 heteroatoms. The number of aliphatic imine (C=N–C) groups is 1. The molecule has 0 bridgehead atoms. The van der Waals surface area contributed by atoms with Gasteiger partial charge in [-0.25, -0.2) is 9.98 Å². The number of primary amides is 1. The summed E-state index contributed by atoms with van der Waals surface area (Å²) in [5.41, 5.74) is 15.4. The normalized spacial score (nSPS) is 16.8. The monoisotopic (exact) mass is 436 g/mol. The number of pyridine rings is 1. The summed E-state index contributed by atoms with van der Waals surface area (Å²) >= 11 is 1.26. The summed E-state index contributed by atoms with van der Waals surface area (Å²) in [7, 11) is 0. The lowest BCUT2D eigenvalue weighted by atomic mass is 10.2. The number of thiophene rings is 1. The van der Waals surface area contributed by atoms with E-state index < -0.39 is 5.91 Å². The van der Waals surface area contributed by atoms with Crippen molar-refractivity contribution in [2.24, 2.45) is 10.7 Å². The first-order valence-electron chi connectivity index (χ1n) is 10.4. The van der Waals surface area contributed by atoms with Crippen molar-refractivity contribution in [3.8, 4) is 0 Å². The summed E-state index contributed by atoms with van der Waals surface area (Å²) in [5, 5.41) is 0.827. The molecule has 0 radical (unpaired) electrons. The molecular weight excluding hydrogens is 412 g/mol. The second-order valence-electron chi connectivity index (χ2n) is 7.63. The molecule has 160 valence electrons. The molecule has 31 heavy (non-hydrogen) atoms. The third-order valence-electron chi connectivity index (χ3n) is 5.71. The molecule has 0 unspecified atom stereocenters. The summed E-state index contributed by atoms with van der Waals surface area (Å²) < 4.78 is 5.63. The lowest BCUT2D eigenvalue weighted by Gasteiger charge is -2.25. The predicted octanol–water partition coefficient (Wildman–Crippen LogP) is 2.47. The average molecular weight is 437 g/mol. The zero-order valence-electron chi connectivity index (χ0n) is 17.1. The first-order valence-corrected chi connectivity index (χ1v) is 11.2. The highest BCUT2D eigenvalue weighted by Crippen LogP contribution is 2.38. The van der Waals surface area contributed by atoms with Crippen molar-refractivity contribution in [1.82, 2.24) is 4.98 Å². The van der Waals surface area contributed by atoms with E-state index in [2.05, 4.69) is 38.0 Å². The SMILES string of the molecule is NC(=O)c1sc2nccc(N3CCCN(c4cccc(C5=NCCO5)c4)CC3)c2c1N. The Morgan fingerprint density at radius 1 is 1.13 bits per heavy atom. The van der Waals surface area contributed by atoms with E-state index in [1.807, 2.05) is 12.1 Å². The van der Waals surface area contributed by atoms with Crippen LogP contribution >= 0.6 is 11.3 Å². The molecule has 1 saturated heterocycles. The fraction of sp³-hybridized carbons (Fsp3) is 0.318. The molecule has 8 nitrogen and oxygen atoms in total. The van der Waals surface area contributed by atoms with Crippen molar-refractivity contribution >= 4 is 50.4 Å². The largest absolute Gasteiger partial charge is 0.476 e. The van der Waals surface area contributed by atoms with Gasteiger partial charge in [-0.3, -0.25) is 4.79 Å². The fourth-order valence-electron chi connectivity index (χ4n) is 4.24. The third kappa shape index (κ3) is 3.65. The number of carbonyl (C=O) groups is 1. The second-order valence-corrected chi connectivity index (χ2v) is 8.63. The van der Waals surface area contributed by atoms with Crippen molar-refractivity contribution in [3.63, 3.8) is 0 Å². The van der Waals surface area contributed by atoms with Gasteiger partial charge in [0.25, 0.3) is 5.91 Å². The van der Waals surface area contributed by atoms with E-state index in [4.69, 9.17) is 16.2 Å². The second kappa shape index (κ2) is 8.07. The molecule has 5 rings (SSSR count). The van der Waals surface area contributed by atoms with Gasteiger partial charge in [0.05, 0.1) is 23.3 Å². The summed E-state index contributed by atoms with van der Waals surface area (Å²) in [6.45, 7) is 4.93. The van der Waals surface area contributed by atoms with E-state index in [9.17, 15) is 4.79 Å². The Morgan fingerprint density at radius 2 is 1.97 bits per heavy atom. The summed E-state index contributed by atoms with van der Waals surface area (Å²) in [6, 6.07) is 10.4. The molecule has 2 aliphatic heterocycles. The standard InChI is InChI=1S/C22H24N6O2S/c23-18-17-16(5-6-26-22(17)31-19(18)20(24)29)28-9-2-8-27(10-11-28)15-4-1-3-14(13-15)21-25-7-12-30-21/h1,3-6,13H,2,7-12,23H2,(H2,24,29). The van der Waals surface area contributed by atoms with Gasteiger partial charge >= 0.3 is 0 Å². The molecule has 4 N–H and O–H groups in total. The van der Waals surface area contributed by atoms with E-state index in [-0.39, 0.29) is 0 Å². The quantitative estimate of drug-likeness (QED) is 0.650. The highest BCUT2D eigenvalue weighted by Gasteiger charge is 2.23. The van der Waals surface area contributed by atoms with Crippen molar-refractivity contribution in [1.29, 1.82) is 0 Å². The number of benzene rings is 1. The maximum absolute atomic E-state index is 11.7. The maximum Gasteiger partial charge on any atom is 0.260 e. The molecule has 1 amide bonds. The van der Waals surface area contributed by atoms with Gasteiger partial charge in [0.15, 0.2) is 0 Å². The lowest BCUT2D eigenvalue weighted by Crippen LogP contribution is -2.31. The van der Waals surface area contributed by atoms with Gasteiger partial charge in [-0.05, 0) is 30.7 Å². The molecule has 0 spiro atoms. The average Bonchev–Trinajstić information content (AvgIpc) is 3.36. The Hall–Kier alpha value is -3.33. The molecule has 0 atom stereocenters. The molecule has 0 aliphatic carbocycles. The topological polar surface area (TPSA) is 110 Å². The minimum atomic E-state index is -0.510. The van der Waals surface area contributed by atoms with E-state index >= 15 is 0 Å². The zero-order chi connectivity index (χ0) is 21.4. The molecule has 1 fully saturated rings. The Balaban J connectivity index is 1.40. The summed E-state index contributed by atoms with van der Waals surface area (Å²) in [4.78, 5) is 26.4. The lowest BCUT2D eigenvalue weighted by molar-refractivity contribution is 0.100.